The van der Waals surface area contributed by atoms with Crippen LogP contribution in [0.2, 0.25) is 0 Å². The molecule has 4 heteroatoms. The molecule has 0 heterocycles. The number of hydrogen-bond acceptors (Lipinski definition) is 4. The zero-order valence-corrected chi connectivity index (χ0v) is 24.1. The van der Waals surface area contributed by atoms with Gasteiger partial charge in [-0.1, -0.05) is 93.0 Å². The van der Waals surface area contributed by atoms with Gasteiger partial charge in [0.2, 0.25) is 0 Å². The Hall–Kier alpha value is -2.04. The Balaban J connectivity index is 2.97. The number of aliphatic hydroxyl groups excluding tert-OH is 2. The van der Waals surface area contributed by atoms with E-state index < -0.39 is 0 Å². The van der Waals surface area contributed by atoms with Crippen LogP contribution >= 0.6 is 0 Å². The summed E-state index contributed by atoms with van der Waals surface area (Å²) in [5.74, 6) is 0.339. The van der Waals surface area contributed by atoms with E-state index in [9.17, 15) is 20.4 Å². The van der Waals surface area contributed by atoms with E-state index in [1.807, 2.05) is 0 Å². The number of aliphatic hydroxyl groups is 2. The first kappa shape index (κ1) is 30.2. The molecule has 36 heavy (non-hydrogen) atoms. The molecule has 0 spiro atoms. The molecule has 0 unspecified atom stereocenters. The molecule has 0 atom stereocenters. The minimum absolute atomic E-state index is 0.119. The van der Waals surface area contributed by atoms with Crippen LogP contribution in [0.25, 0.3) is 0 Å². The van der Waals surface area contributed by atoms with Gasteiger partial charge in [-0.25, -0.2) is 0 Å². The molecule has 4 nitrogen and oxygen atoms in total. The van der Waals surface area contributed by atoms with Gasteiger partial charge in [-0.05, 0) is 64.2 Å². The topological polar surface area (TPSA) is 80.9 Å². The van der Waals surface area contributed by atoms with Crippen molar-refractivity contribution in [2.75, 3.05) is 13.2 Å². The molecule has 2 aromatic carbocycles. The minimum atomic E-state index is -0.267. The Kier molecular flexibility index (Phi) is 9.70. The van der Waals surface area contributed by atoms with Crippen LogP contribution in [-0.4, -0.2) is 33.6 Å². The van der Waals surface area contributed by atoms with E-state index in [1.54, 1.807) is 0 Å². The third-order valence-electron chi connectivity index (χ3n) is 7.58. The van der Waals surface area contributed by atoms with E-state index in [4.69, 9.17) is 0 Å². The fraction of sp³-hybridized carbons (Fsp3) is 0.625. The number of benzene rings is 2. The Morgan fingerprint density at radius 1 is 0.639 bits per heavy atom. The highest BCUT2D eigenvalue weighted by molar-refractivity contribution is 5.57. The van der Waals surface area contributed by atoms with E-state index in [-0.39, 0.29) is 35.4 Å². The summed E-state index contributed by atoms with van der Waals surface area (Å²) in [6.45, 7) is 19.4. The lowest BCUT2D eigenvalue weighted by Gasteiger charge is -2.38. The SMILES string of the molecule is CCC(C)(C)C(c1cc(CCCO)cc(C(C)(C)C)c1O)c1cc(CCCO)cc(C(C)(C)C)c1O. The molecule has 0 amide bonds. The fourth-order valence-electron chi connectivity index (χ4n) is 5.09. The van der Waals surface area contributed by atoms with Gasteiger partial charge < -0.3 is 20.4 Å². The Labute approximate surface area is 219 Å². The van der Waals surface area contributed by atoms with Crippen molar-refractivity contribution in [3.05, 3.63) is 57.6 Å². The van der Waals surface area contributed by atoms with Crippen LogP contribution in [0.15, 0.2) is 24.3 Å². The highest BCUT2D eigenvalue weighted by Crippen LogP contribution is 2.52. The second-order valence-electron chi connectivity index (χ2n) is 13.1. The molecule has 0 aliphatic heterocycles. The maximum atomic E-state index is 11.7. The third-order valence-corrected chi connectivity index (χ3v) is 7.58. The summed E-state index contributed by atoms with van der Waals surface area (Å²) in [5.41, 5.74) is 4.82. The van der Waals surface area contributed by atoms with Gasteiger partial charge in [-0.3, -0.25) is 0 Å². The normalized spacial score (nSPS) is 13.0. The van der Waals surface area contributed by atoms with Crippen LogP contribution in [0.1, 0.15) is 121 Å². The second kappa shape index (κ2) is 11.6. The Morgan fingerprint density at radius 3 is 1.28 bits per heavy atom. The standard InChI is InChI=1S/C32H50O4/c1-10-32(8,9)27(23-17-21(13-11-15-33)19-25(28(23)35)30(2,3)4)24-18-22(14-12-16-34)20-26(29(24)36)31(5,6)7/h17-20,27,33-36H,10-16H2,1-9H3. The predicted octanol–water partition coefficient (Wildman–Crippen LogP) is 7.11. The molecule has 0 bridgehead atoms. The maximum absolute atomic E-state index is 11.7. The molecule has 4 N–H and O–H groups in total. The number of phenolic OH excluding ortho intramolecular Hbond substituents is 2. The number of aromatic hydroxyl groups is 2. The van der Waals surface area contributed by atoms with Gasteiger partial charge in [0, 0.05) is 30.3 Å². The van der Waals surface area contributed by atoms with E-state index in [2.05, 4.69) is 86.6 Å². The zero-order chi connectivity index (χ0) is 27.5. The molecule has 0 aromatic heterocycles. The molecule has 0 saturated heterocycles. The molecule has 0 radical (unpaired) electrons. The van der Waals surface area contributed by atoms with E-state index in [0.717, 1.165) is 52.6 Å². The number of aryl methyl sites for hydroxylation is 2. The summed E-state index contributed by atoms with van der Waals surface area (Å²) in [6.07, 6.45) is 3.62. The van der Waals surface area contributed by atoms with Crippen molar-refractivity contribution >= 4 is 0 Å². The van der Waals surface area contributed by atoms with Crippen LogP contribution in [0, 0.1) is 5.41 Å². The first-order valence-corrected chi connectivity index (χ1v) is 13.5. The lowest BCUT2D eigenvalue weighted by molar-refractivity contribution is 0.286. The lowest BCUT2D eigenvalue weighted by atomic mass is 9.66. The predicted molar refractivity (Wildman–Crippen MR) is 150 cm³/mol. The van der Waals surface area contributed by atoms with Crippen LogP contribution < -0.4 is 0 Å². The number of phenols is 2. The molecule has 202 valence electrons. The van der Waals surface area contributed by atoms with Gasteiger partial charge in [0.1, 0.15) is 11.5 Å². The van der Waals surface area contributed by atoms with Crippen molar-refractivity contribution in [2.45, 2.75) is 111 Å². The Bertz CT molecular complexity index is 946. The van der Waals surface area contributed by atoms with Crippen LogP contribution in [0.3, 0.4) is 0 Å². The average Bonchev–Trinajstić information content (AvgIpc) is 2.77. The van der Waals surface area contributed by atoms with E-state index in [0.29, 0.717) is 24.3 Å². The summed E-state index contributed by atoms with van der Waals surface area (Å²) in [6, 6.07) is 8.31. The van der Waals surface area contributed by atoms with Gasteiger partial charge in [0.25, 0.3) is 0 Å². The molecule has 2 aromatic rings. The summed E-state index contributed by atoms with van der Waals surface area (Å²) < 4.78 is 0. The summed E-state index contributed by atoms with van der Waals surface area (Å²) in [7, 11) is 0. The van der Waals surface area contributed by atoms with Crippen molar-refractivity contribution in [1.29, 1.82) is 0 Å². The highest BCUT2D eigenvalue weighted by Gasteiger charge is 2.37. The van der Waals surface area contributed by atoms with E-state index in [1.165, 1.54) is 0 Å². The molecular formula is C32H50O4. The van der Waals surface area contributed by atoms with Crippen molar-refractivity contribution in [3.8, 4) is 11.5 Å². The van der Waals surface area contributed by atoms with Gasteiger partial charge >= 0.3 is 0 Å². The molecule has 2 rings (SSSR count). The fourth-order valence-corrected chi connectivity index (χ4v) is 5.09. The van der Waals surface area contributed by atoms with Crippen molar-refractivity contribution < 1.29 is 20.4 Å². The van der Waals surface area contributed by atoms with Gasteiger partial charge in [-0.15, -0.1) is 0 Å². The van der Waals surface area contributed by atoms with Gasteiger partial charge in [0.15, 0.2) is 0 Å². The average molecular weight is 499 g/mol. The summed E-state index contributed by atoms with van der Waals surface area (Å²) in [5, 5.41) is 42.4. The van der Waals surface area contributed by atoms with Crippen LogP contribution in [0.4, 0.5) is 0 Å². The zero-order valence-electron chi connectivity index (χ0n) is 24.1. The second-order valence-corrected chi connectivity index (χ2v) is 13.1. The monoisotopic (exact) mass is 498 g/mol. The molecule has 0 aliphatic carbocycles. The minimum Gasteiger partial charge on any atom is -0.507 e. The molecule has 0 aliphatic rings. The van der Waals surface area contributed by atoms with E-state index >= 15 is 0 Å². The van der Waals surface area contributed by atoms with Crippen LogP contribution in [-0.2, 0) is 23.7 Å². The quantitative estimate of drug-likeness (QED) is 0.281. The summed E-state index contributed by atoms with van der Waals surface area (Å²) >= 11 is 0. The highest BCUT2D eigenvalue weighted by atomic mass is 16.3. The molecular weight excluding hydrogens is 448 g/mol. The lowest BCUT2D eigenvalue weighted by Crippen LogP contribution is -2.25. The van der Waals surface area contributed by atoms with Crippen molar-refractivity contribution in [3.63, 3.8) is 0 Å². The number of hydrogen-bond donors (Lipinski definition) is 4. The first-order valence-electron chi connectivity index (χ1n) is 13.5. The largest absolute Gasteiger partial charge is 0.507 e. The smallest absolute Gasteiger partial charge is 0.123 e. The van der Waals surface area contributed by atoms with Crippen molar-refractivity contribution in [1.82, 2.24) is 0 Å². The summed E-state index contributed by atoms with van der Waals surface area (Å²) in [4.78, 5) is 0. The van der Waals surface area contributed by atoms with Gasteiger partial charge in [0.05, 0.1) is 0 Å². The first-order chi connectivity index (χ1) is 16.6. The molecule has 0 saturated carbocycles. The maximum Gasteiger partial charge on any atom is 0.123 e. The van der Waals surface area contributed by atoms with Crippen LogP contribution in [0.5, 0.6) is 11.5 Å². The number of rotatable bonds is 10. The molecule has 0 fully saturated rings. The van der Waals surface area contributed by atoms with Gasteiger partial charge in [-0.2, -0.15) is 0 Å². The third kappa shape index (κ3) is 6.83. The van der Waals surface area contributed by atoms with Crippen molar-refractivity contribution in [2.24, 2.45) is 5.41 Å². The Morgan fingerprint density at radius 2 is 1.00 bits per heavy atom.